The fraction of sp³-hybridized carbons (Fsp3) is 0.667. The zero-order valence-corrected chi connectivity index (χ0v) is 12.8. The minimum atomic E-state index is 0.124. The number of nitrogens with two attached hydrogens (primary N) is 1. The molecule has 1 saturated heterocycles. The molecule has 1 fully saturated rings. The van der Waals surface area contributed by atoms with E-state index in [9.17, 15) is 0 Å². The zero-order valence-electron chi connectivity index (χ0n) is 12.8. The first-order chi connectivity index (χ1) is 9.56. The number of methoxy groups -OCH3 is 1. The minimum Gasteiger partial charge on any atom is -0.496 e. The van der Waals surface area contributed by atoms with Crippen LogP contribution in [-0.4, -0.2) is 48.8 Å². The van der Waals surface area contributed by atoms with Crippen molar-refractivity contribution in [1.82, 2.24) is 9.88 Å². The Morgan fingerprint density at radius 2 is 2.25 bits per heavy atom. The third kappa shape index (κ3) is 3.11. The van der Waals surface area contributed by atoms with Crippen LogP contribution >= 0.6 is 0 Å². The Labute approximate surface area is 121 Å². The van der Waals surface area contributed by atoms with E-state index in [4.69, 9.17) is 15.2 Å². The highest BCUT2D eigenvalue weighted by Crippen LogP contribution is 2.25. The van der Waals surface area contributed by atoms with Gasteiger partial charge in [-0.2, -0.15) is 0 Å². The van der Waals surface area contributed by atoms with Crippen LogP contribution in [0.5, 0.6) is 5.75 Å². The average Bonchev–Trinajstić information content (AvgIpc) is 2.44. The van der Waals surface area contributed by atoms with E-state index in [1.54, 1.807) is 7.11 Å². The van der Waals surface area contributed by atoms with E-state index in [0.29, 0.717) is 12.6 Å². The molecule has 2 heterocycles. The number of aromatic nitrogens is 1. The maximum Gasteiger partial charge on any atom is 0.128 e. The fourth-order valence-electron chi connectivity index (χ4n) is 2.66. The van der Waals surface area contributed by atoms with Gasteiger partial charge in [0.1, 0.15) is 5.75 Å². The SMILES string of the molecule is COc1c(C)cnc(CN2CC(CN)OCC2C)c1C. The molecule has 0 radical (unpaired) electrons. The summed E-state index contributed by atoms with van der Waals surface area (Å²) in [5, 5.41) is 0. The van der Waals surface area contributed by atoms with Gasteiger partial charge in [-0.1, -0.05) is 0 Å². The molecule has 0 spiro atoms. The van der Waals surface area contributed by atoms with Gasteiger partial charge in [0.15, 0.2) is 0 Å². The smallest absolute Gasteiger partial charge is 0.128 e. The van der Waals surface area contributed by atoms with Crippen molar-refractivity contribution in [3.8, 4) is 5.75 Å². The monoisotopic (exact) mass is 279 g/mol. The van der Waals surface area contributed by atoms with E-state index in [-0.39, 0.29) is 6.10 Å². The highest BCUT2D eigenvalue weighted by Gasteiger charge is 2.26. The number of hydrogen-bond acceptors (Lipinski definition) is 5. The maximum absolute atomic E-state index is 5.71. The van der Waals surface area contributed by atoms with Crippen molar-refractivity contribution in [2.45, 2.75) is 39.5 Å². The Kier molecular flexibility index (Phi) is 4.96. The van der Waals surface area contributed by atoms with Crippen molar-refractivity contribution < 1.29 is 9.47 Å². The lowest BCUT2D eigenvalue weighted by molar-refractivity contribution is -0.0571. The van der Waals surface area contributed by atoms with Crippen LogP contribution in [0.4, 0.5) is 0 Å². The molecule has 2 rings (SSSR count). The van der Waals surface area contributed by atoms with Crippen LogP contribution in [0.15, 0.2) is 6.20 Å². The van der Waals surface area contributed by atoms with Crippen LogP contribution in [0, 0.1) is 13.8 Å². The van der Waals surface area contributed by atoms with Gasteiger partial charge in [-0.05, 0) is 20.8 Å². The molecule has 0 aliphatic carbocycles. The predicted molar refractivity (Wildman–Crippen MR) is 78.9 cm³/mol. The molecule has 5 heteroatoms. The molecule has 1 aliphatic rings. The number of pyridine rings is 1. The number of ether oxygens (including phenoxy) is 2. The lowest BCUT2D eigenvalue weighted by Crippen LogP contribution is -2.50. The second-order valence-electron chi connectivity index (χ2n) is 5.52. The van der Waals surface area contributed by atoms with Crippen molar-refractivity contribution in [3.63, 3.8) is 0 Å². The van der Waals surface area contributed by atoms with E-state index in [1.165, 1.54) is 0 Å². The van der Waals surface area contributed by atoms with Crippen molar-refractivity contribution in [3.05, 3.63) is 23.0 Å². The molecule has 20 heavy (non-hydrogen) atoms. The maximum atomic E-state index is 5.71. The molecular formula is C15H25N3O2. The molecule has 0 amide bonds. The van der Waals surface area contributed by atoms with E-state index in [0.717, 1.165) is 42.3 Å². The van der Waals surface area contributed by atoms with Gasteiger partial charge in [-0.3, -0.25) is 9.88 Å². The summed E-state index contributed by atoms with van der Waals surface area (Å²) >= 11 is 0. The molecule has 0 bridgehead atoms. The van der Waals surface area contributed by atoms with E-state index < -0.39 is 0 Å². The van der Waals surface area contributed by atoms with Crippen LogP contribution in [-0.2, 0) is 11.3 Å². The molecule has 0 saturated carbocycles. The number of nitrogens with zero attached hydrogens (tertiary/aromatic N) is 2. The first-order valence-corrected chi connectivity index (χ1v) is 7.11. The van der Waals surface area contributed by atoms with Crippen LogP contribution in [0.3, 0.4) is 0 Å². The van der Waals surface area contributed by atoms with Crippen molar-refractivity contribution in [1.29, 1.82) is 0 Å². The molecule has 2 unspecified atom stereocenters. The molecule has 112 valence electrons. The van der Waals surface area contributed by atoms with Crippen molar-refractivity contribution in [2.75, 3.05) is 26.8 Å². The summed E-state index contributed by atoms with van der Waals surface area (Å²) < 4.78 is 11.2. The van der Waals surface area contributed by atoms with Gasteiger partial charge in [0, 0.05) is 43.0 Å². The molecule has 1 aromatic rings. The van der Waals surface area contributed by atoms with Gasteiger partial charge in [-0.25, -0.2) is 0 Å². The Morgan fingerprint density at radius 1 is 1.50 bits per heavy atom. The summed E-state index contributed by atoms with van der Waals surface area (Å²) in [5.74, 6) is 0.936. The zero-order chi connectivity index (χ0) is 14.7. The average molecular weight is 279 g/mol. The predicted octanol–water partition coefficient (Wildman–Crippen LogP) is 1.26. The highest BCUT2D eigenvalue weighted by atomic mass is 16.5. The summed E-state index contributed by atoms with van der Waals surface area (Å²) in [4.78, 5) is 6.95. The lowest BCUT2D eigenvalue weighted by Gasteiger charge is -2.37. The van der Waals surface area contributed by atoms with Crippen molar-refractivity contribution in [2.24, 2.45) is 5.73 Å². The number of aryl methyl sites for hydroxylation is 1. The molecule has 1 aromatic heterocycles. The van der Waals surface area contributed by atoms with Gasteiger partial charge in [0.2, 0.25) is 0 Å². The summed E-state index contributed by atoms with van der Waals surface area (Å²) in [6.45, 7) is 9.22. The standard InChI is InChI=1S/C15H25N3O2/c1-10-6-17-14(12(3)15(10)19-4)8-18-7-13(5-16)20-9-11(18)2/h6,11,13H,5,7-9,16H2,1-4H3. The van der Waals surface area contributed by atoms with Gasteiger partial charge >= 0.3 is 0 Å². The third-order valence-corrected chi connectivity index (χ3v) is 4.00. The van der Waals surface area contributed by atoms with Gasteiger partial charge in [0.25, 0.3) is 0 Å². The van der Waals surface area contributed by atoms with Crippen LogP contribution in [0.1, 0.15) is 23.7 Å². The molecule has 1 aliphatic heterocycles. The largest absolute Gasteiger partial charge is 0.496 e. The molecule has 0 aromatic carbocycles. The quantitative estimate of drug-likeness (QED) is 0.899. The summed E-state index contributed by atoms with van der Waals surface area (Å²) in [6.07, 6.45) is 2.01. The van der Waals surface area contributed by atoms with Crippen LogP contribution in [0.2, 0.25) is 0 Å². The lowest BCUT2D eigenvalue weighted by atomic mass is 10.1. The Balaban J connectivity index is 2.16. The number of hydrogen-bond donors (Lipinski definition) is 1. The minimum absolute atomic E-state index is 0.124. The summed E-state index contributed by atoms with van der Waals surface area (Å²) in [6, 6.07) is 0.381. The third-order valence-electron chi connectivity index (χ3n) is 4.00. The second kappa shape index (κ2) is 6.52. The summed E-state index contributed by atoms with van der Waals surface area (Å²) in [7, 11) is 1.71. The van der Waals surface area contributed by atoms with Crippen molar-refractivity contribution >= 4 is 0 Å². The number of rotatable bonds is 4. The molecular weight excluding hydrogens is 254 g/mol. The van der Waals surface area contributed by atoms with Gasteiger partial charge < -0.3 is 15.2 Å². The second-order valence-corrected chi connectivity index (χ2v) is 5.52. The normalized spacial score (nSPS) is 23.9. The van der Waals surface area contributed by atoms with E-state index >= 15 is 0 Å². The molecule has 2 N–H and O–H groups in total. The van der Waals surface area contributed by atoms with E-state index in [2.05, 4.69) is 23.7 Å². The van der Waals surface area contributed by atoms with E-state index in [1.807, 2.05) is 13.1 Å². The first kappa shape index (κ1) is 15.2. The van der Waals surface area contributed by atoms with Crippen LogP contribution < -0.4 is 10.5 Å². The summed E-state index contributed by atoms with van der Waals surface area (Å²) in [5.41, 5.74) is 8.97. The van der Waals surface area contributed by atoms with Gasteiger partial charge in [0.05, 0.1) is 25.5 Å². The fourth-order valence-corrected chi connectivity index (χ4v) is 2.66. The molecule has 2 atom stereocenters. The van der Waals surface area contributed by atoms with Gasteiger partial charge in [-0.15, -0.1) is 0 Å². The Morgan fingerprint density at radius 3 is 2.90 bits per heavy atom. The van der Waals surface area contributed by atoms with Crippen LogP contribution in [0.25, 0.3) is 0 Å². The Hall–Kier alpha value is -1.17. The molecule has 5 nitrogen and oxygen atoms in total. The highest BCUT2D eigenvalue weighted by molar-refractivity contribution is 5.41. The number of morpholine rings is 1. The topological polar surface area (TPSA) is 60.6 Å². The first-order valence-electron chi connectivity index (χ1n) is 7.11. The Bertz CT molecular complexity index is 465.